The van der Waals surface area contributed by atoms with E-state index in [0.29, 0.717) is 39.0 Å². The second-order valence-electron chi connectivity index (χ2n) is 9.38. The molecule has 0 fully saturated rings. The maximum absolute atomic E-state index is 13.4. The van der Waals surface area contributed by atoms with Crippen LogP contribution in [0.15, 0.2) is 108 Å². The lowest BCUT2D eigenvalue weighted by atomic mass is 10.1. The van der Waals surface area contributed by atoms with Crippen molar-refractivity contribution in [2.45, 2.75) is 30.4 Å². The lowest BCUT2D eigenvalue weighted by Gasteiger charge is -2.16. The van der Waals surface area contributed by atoms with Gasteiger partial charge >= 0.3 is 0 Å². The molecule has 4 aromatic carbocycles. The number of hydrogen-bond acceptors (Lipinski definition) is 4. The predicted molar refractivity (Wildman–Crippen MR) is 173 cm³/mol. The molecule has 3 amide bonds. The first kappa shape index (κ1) is 30.9. The number of benzene rings is 4. The standard InChI is InChI=1S/C33H29Cl2N3O3S/c1-3-30(33(41)37-26-16-15-21(2)28(35)20-26)42-27-14-8-13-25(19-27)36-32(40)29(18-22-9-7-12-24(34)17-22)38-31(39)23-10-5-4-6-11-23/h4-20,30H,3H2,1-2H3,(H,36,40)(H,37,41)(H,38,39)/b29-18-. The molecule has 0 bridgehead atoms. The van der Waals surface area contributed by atoms with E-state index >= 15 is 0 Å². The van der Waals surface area contributed by atoms with Crippen LogP contribution in [0.25, 0.3) is 6.08 Å². The molecule has 0 aromatic heterocycles. The van der Waals surface area contributed by atoms with Crippen LogP contribution in [-0.2, 0) is 9.59 Å². The molecule has 42 heavy (non-hydrogen) atoms. The summed E-state index contributed by atoms with van der Waals surface area (Å²) >= 11 is 13.7. The van der Waals surface area contributed by atoms with Crippen molar-refractivity contribution in [1.82, 2.24) is 5.32 Å². The SMILES string of the molecule is CCC(Sc1cccc(NC(=O)/C(=C/c2cccc(Cl)c2)NC(=O)c2ccccc2)c1)C(=O)Nc1ccc(C)c(Cl)c1. The Labute approximate surface area is 259 Å². The Bertz CT molecular complexity index is 1630. The molecular weight excluding hydrogens is 589 g/mol. The van der Waals surface area contributed by atoms with Crippen LogP contribution in [0.3, 0.4) is 0 Å². The van der Waals surface area contributed by atoms with Crippen molar-refractivity contribution in [1.29, 1.82) is 0 Å². The molecule has 0 saturated carbocycles. The summed E-state index contributed by atoms with van der Waals surface area (Å²) in [5.74, 6) is -1.08. The minimum Gasteiger partial charge on any atom is -0.325 e. The van der Waals surface area contributed by atoms with Gasteiger partial charge in [0.2, 0.25) is 5.91 Å². The molecule has 0 saturated heterocycles. The Hall–Kier alpha value is -4.04. The molecule has 0 aliphatic rings. The molecular formula is C33H29Cl2N3O3S. The van der Waals surface area contributed by atoms with Crippen LogP contribution in [0.2, 0.25) is 10.0 Å². The molecule has 9 heteroatoms. The van der Waals surface area contributed by atoms with E-state index in [-0.39, 0.29) is 16.9 Å². The summed E-state index contributed by atoms with van der Waals surface area (Å²) in [6.07, 6.45) is 2.15. The molecule has 0 aliphatic heterocycles. The summed E-state index contributed by atoms with van der Waals surface area (Å²) in [6.45, 7) is 3.84. The first-order valence-corrected chi connectivity index (χ1v) is 14.8. The summed E-state index contributed by atoms with van der Waals surface area (Å²) in [6, 6.07) is 28.2. The fourth-order valence-corrected chi connectivity index (χ4v) is 5.32. The minimum absolute atomic E-state index is 0.0479. The van der Waals surface area contributed by atoms with Crippen LogP contribution < -0.4 is 16.0 Å². The van der Waals surface area contributed by atoms with Crippen molar-refractivity contribution in [3.05, 3.63) is 129 Å². The smallest absolute Gasteiger partial charge is 0.272 e. The monoisotopic (exact) mass is 617 g/mol. The van der Waals surface area contributed by atoms with Crippen molar-refractivity contribution in [3.63, 3.8) is 0 Å². The van der Waals surface area contributed by atoms with Crippen LogP contribution in [0.1, 0.15) is 34.8 Å². The predicted octanol–water partition coefficient (Wildman–Crippen LogP) is 8.22. The first-order chi connectivity index (χ1) is 20.2. The number of carbonyl (C=O) groups is 3. The number of halogens is 2. The van der Waals surface area contributed by atoms with Crippen molar-refractivity contribution in [2.24, 2.45) is 0 Å². The van der Waals surface area contributed by atoms with Gasteiger partial charge in [-0.3, -0.25) is 14.4 Å². The number of hydrogen-bond donors (Lipinski definition) is 3. The molecule has 3 N–H and O–H groups in total. The second kappa shape index (κ2) is 14.7. The minimum atomic E-state index is -0.512. The molecule has 6 nitrogen and oxygen atoms in total. The van der Waals surface area contributed by atoms with Crippen LogP contribution in [0.5, 0.6) is 0 Å². The fourth-order valence-electron chi connectivity index (χ4n) is 3.93. The van der Waals surface area contributed by atoms with E-state index < -0.39 is 11.8 Å². The molecule has 4 rings (SSSR count). The number of nitrogens with one attached hydrogen (secondary N) is 3. The molecule has 4 aromatic rings. The van der Waals surface area contributed by atoms with Gasteiger partial charge in [0.05, 0.1) is 5.25 Å². The van der Waals surface area contributed by atoms with Crippen molar-refractivity contribution >= 4 is 70.1 Å². The number of rotatable bonds is 10. The number of aryl methyl sites for hydroxylation is 1. The van der Waals surface area contributed by atoms with Gasteiger partial charge in [-0.25, -0.2) is 0 Å². The van der Waals surface area contributed by atoms with E-state index in [9.17, 15) is 14.4 Å². The molecule has 0 aliphatic carbocycles. The molecule has 214 valence electrons. The summed E-state index contributed by atoms with van der Waals surface area (Å²) < 4.78 is 0. The van der Waals surface area contributed by atoms with E-state index in [2.05, 4.69) is 16.0 Å². The third-order valence-electron chi connectivity index (χ3n) is 6.16. The normalized spacial score (nSPS) is 11.9. The summed E-state index contributed by atoms with van der Waals surface area (Å²) in [7, 11) is 0. The van der Waals surface area contributed by atoms with Gasteiger partial charge in [0.25, 0.3) is 11.8 Å². The maximum atomic E-state index is 13.4. The quantitative estimate of drug-likeness (QED) is 0.124. The highest BCUT2D eigenvalue weighted by Gasteiger charge is 2.20. The number of amides is 3. The van der Waals surface area contributed by atoms with Crippen LogP contribution in [0.4, 0.5) is 11.4 Å². The Kier molecular flexibility index (Phi) is 10.8. The highest BCUT2D eigenvalue weighted by atomic mass is 35.5. The number of carbonyl (C=O) groups excluding carboxylic acids is 3. The van der Waals surface area contributed by atoms with E-state index in [4.69, 9.17) is 23.2 Å². The summed E-state index contributed by atoms with van der Waals surface area (Å²) in [4.78, 5) is 40.1. The number of thioether (sulfide) groups is 1. The number of anilines is 2. The maximum Gasteiger partial charge on any atom is 0.272 e. The van der Waals surface area contributed by atoms with E-state index in [1.807, 2.05) is 38.1 Å². The van der Waals surface area contributed by atoms with E-state index in [0.717, 1.165) is 10.5 Å². The van der Waals surface area contributed by atoms with Gasteiger partial charge < -0.3 is 16.0 Å². The molecule has 0 heterocycles. The zero-order chi connectivity index (χ0) is 30.1. The largest absolute Gasteiger partial charge is 0.325 e. The zero-order valence-corrected chi connectivity index (χ0v) is 25.3. The van der Waals surface area contributed by atoms with Crippen LogP contribution in [0, 0.1) is 6.92 Å². The third kappa shape index (κ3) is 8.73. The lowest BCUT2D eigenvalue weighted by Crippen LogP contribution is -2.30. The van der Waals surface area contributed by atoms with Gasteiger partial charge in [-0.05, 0) is 85.1 Å². The average molecular weight is 619 g/mol. The zero-order valence-electron chi connectivity index (χ0n) is 23.0. The first-order valence-electron chi connectivity index (χ1n) is 13.2. The molecule has 0 spiro atoms. The van der Waals surface area contributed by atoms with E-state index in [1.165, 1.54) is 11.8 Å². The Balaban J connectivity index is 1.50. The molecule has 0 radical (unpaired) electrons. The third-order valence-corrected chi connectivity index (χ3v) is 8.16. The average Bonchev–Trinajstić information content (AvgIpc) is 2.98. The Morgan fingerprint density at radius 3 is 2.29 bits per heavy atom. The highest BCUT2D eigenvalue weighted by Crippen LogP contribution is 2.29. The van der Waals surface area contributed by atoms with E-state index in [1.54, 1.807) is 78.9 Å². The van der Waals surface area contributed by atoms with Gasteiger partial charge in [-0.2, -0.15) is 0 Å². The van der Waals surface area contributed by atoms with Crippen LogP contribution in [-0.4, -0.2) is 23.0 Å². The summed E-state index contributed by atoms with van der Waals surface area (Å²) in [5, 5.41) is 9.23. The topological polar surface area (TPSA) is 87.3 Å². The van der Waals surface area contributed by atoms with Crippen molar-refractivity contribution in [3.8, 4) is 0 Å². The lowest BCUT2D eigenvalue weighted by molar-refractivity contribution is -0.116. The Morgan fingerprint density at radius 2 is 1.57 bits per heavy atom. The highest BCUT2D eigenvalue weighted by molar-refractivity contribution is 8.00. The van der Waals surface area contributed by atoms with Gasteiger partial charge in [0, 0.05) is 31.9 Å². The second-order valence-corrected chi connectivity index (χ2v) is 11.5. The van der Waals surface area contributed by atoms with Gasteiger partial charge in [0.15, 0.2) is 0 Å². The fraction of sp³-hybridized carbons (Fsp3) is 0.121. The van der Waals surface area contributed by atoms with Gasteiger partial charge in [-0.15, -0.1) is 11.8 Å². The van der Waals surface area contributed by atoms with Gasteiger partial charge in [0.1, 0.15) is 5.70 Å². The van der Waals surface area contributed by atoms with Crippen molar-refractivity contribution < 1.29 is 14.4 Å². The summed E-state index contributed by atoms with van der Waals surface area (Å²) in [5.41, 5.74) is 3.19. The van der Waals surface area contributed by atoms with Gasteiger partial charge in [-0.1, -0.05) is 72.6 Å². The van der Waals surface area contributed by atoms with Crippen molar-refractivity contribution in [2.75, 3.05) is 10.6 Å². The molecule has 1 unspecified atom stereocenters. The van der Waals surface area contributed by atoms with Crippen LogP contribution >= 0.6 is 35.0 Å². The molecule has 1 atom stereocenters. The Morgan fingerprint density at radius 1 is 0.833 bits per heavy atom.